The summed E-state index contributed by atoms with van der Waals surface area (Å²) in [6, 6.07) is 8.34. The molecule has 0 atom stereocenters. The molecule has 1 aromatic carbocycles. The summed E-state index contributed by atoms with van der Waals surface area (Å²) in [7, 11) is 0. The normalized spacial score (nSPS) is 10.8. The molecule has 0 radical (unpaired) electrons. The number of hydrogen-bond donors (Lipinski definition) is 1. The summed E-state index contributed by atoms with van der Waals surface area (Å²) in [5.41, 5.74) is 0.633. The van der Waals surface area contributed by atoms with E-state index < -0.39 is 0 Å². The second-order valence-electron chi connectivity index (χ2n) is 3.61. The van der Waals surface area contributed by atoms with Crippen LogP contribution in [0.25, 0.3) is 22.1 Å². The fourth-order valence-corrected chi connectivity index (χ4v) is 2.66. The molecule has 0 spiro atoms. The van der Waals surface area contributed by atoms with E-state index in [1.165, 1.54) is 12.1 Å². The lowest BCUT2D eigenvalue weighted by Crippen LogP contribution is -1.84. The molecule has 2 aromatic heterocycles. The van der Waals surface area contributed by atoms with Crippen molar-refractivity contribution in [2.24, 2.45) is 0 Å². The molecule has 0 aliphatic heterocycles. The van der Waals surface area contributed by atoms with E-state index >= 15 is 0 Å². The predicted molar refractivity (Wildman–Crippen MR) is 72.8 cm³/mol. The highest BCUT2D eigenvalue weighted by Gasteiger charge is 2.11. The molecule has 0 aliphatic rings. The highest BCUT2D eigenvalue weighted by atomic mass is 79.9. The van der Waals surface area contributed by atoms with Gasteiger partial charge >= 0.3 is 0 Å². The van der Waals surface area contributed by atoms with Gasteiger partial charge in [-0.2, -0.15) is 5.10 Å². The summed E-state index contributed by atoms with van der Waals surface area (Å²) in [6.07, 6.45) is 0. The van der Waals surface area contributed by atoms with Gasteiger partial charge in [-0.3, -0.25) is 5.10 Å². The van der Waals surface area contributed by atoms with Crippen LogP contribution >= 0.6 is 27.3 Å². The molecule has 0 saturated carbocycles. The first kappa shape index (κ1) is 11.6. The Kier molecular flexibility index (Phi) is 2.97. The number of hydrogen-bond acceptors (Lipinski definition) is 3. The van der Waals surface area contributed by atoms with Crippen LogP contribution in [0.2, 0.25) is 0 Å². The van der Waals surface area contributed by atoms with Gasteiger partial charge in [0.05, 0.1) is 4.88 Å². The van der Waals surface area contributed by atoms with E-state index in [1.807, 2.05) is 17.5 Å². The minimum atomic E-state index is -0.310. The zero-order chi connectivity index (χ0) is 12.5. The van der Waals surface area contributed by atoms with Gasteiger partial charge in [0.15, 0.2) is 11.6 Å². The van der Waals surface area contributed by atoms with Crippen molar-refractivity contribution >= 4 is 27.3 Å². The van der Waals surface area contributed by atoms with Gasteiger partial charge in [-0.25, -0.2) is 9.37 Å². The molecule has 0 amide bonds. The Morgan fingerprint density at radius 3 is 2.94 bits per heavy atom. The third kappa shape index (κ3) is 2.09. The van der Waals surface area contributed by atoms with E-state index in [1.54, 1.807) is 17.4 Å². The highest BCUT2D eigenvalue weighted by Crippen LogP contribution is 2.28. The van der Waals surface area contributed by atoms with Crippen molar-refractivity contribution in [1.82, 2.24) is 15.2 Å². The lowest BCUT2D eigenvalue weighted by Gasteiger charge is -1.98. The minimum Gasteiger partial charge on any atom is -0.258 e. The standard InChI is InChI=1S/C12H7BrFN3S/c13-9-4-3-7(14)6-8(9)11-15-12(17-16-11)10-2-1-5-18-10/h1-6H,(H,15,16,17). The molecule has 0 fully saturated rings. The van der Waals surface area contributed by atoms with Crippen molar-refractivity contribution < 1.29 is 4.39 Å². The van der Waals surface area contributed by atoms with Gasteiger partial charge in [-0.15, -0.1) is 11.3 Å². The molecule has 0 saturated heterocycles. The van der Waals surface area contributed by atoms with Gasteiger partial charge in [0.25, 0.3) is 0 Å². The third-order valence-corrected chi connectivity index (χ3v) is 3.98. The quantitative estimate of drug-likeness (QED) is 0.771. The van der Waals surface area contributed by atoms with Crippen molar-refractivity contribution in [1.29, 1.82) is 0 Å². The van der Waals surface area contributed by atoms with E-state index in [0.29, 0.717) is 17.2 Å². The average molecular weight is 324 g/mol. The van der Waals surface area contributed by atoms with E-state index in [-0.39, 0.29) is 5.82 Å². The van der Waals surface area contributed by atoms with Crippen molar-refractivity contribution in [3.05, 3.63) is 46.0 Å². The van der Waals surface area contributed by atoms with E-state index in [0.717, 1.165) is 9.35 Å². The number of H-pyrrole nitrogens is 1. The van der Waals surface area contributed by atoms with Gasteiger partial charge in [0, 0.05) is 10.0 Å². The van der Waals surface area contributed by atoms with E-state index in [4.69, 9.17) is 0 Å². The lowest BCUT2D eigenvalue weighted by atomic mass is 10.2. The van der Waals surface area contributed by atoms with Gasteiger partial charge in [0.1, 0.15) is 5.82 Å². The number of benzene rings is 1. The first-order chi connectivity index (χ1) is 8.74. The van der Waals surface area contributed by atoms with Crippen LogP contribution in [0.15, 0.2) is 40.2 Å². The summed E-state index contributed by atoms with van der Waals surface area (Å²) in [6.45, 7) is 0. The summed E-state index contributed by atoms with van der Waals surface area (Å²) in [5.74, 6) is 0.858. The van der Waals surface area contributed by atoms with Crippen LogP contribution in [-0.2, 0) is 0 Å². The maximum atomic E-state index is 13.2. The Balaban J connectivity index is 2.05. The Morgan fingerprint density at radius 2 is 2.17 bits per heavy atom. The molecule has 3 nitrogen and oxygen atoms in total. The maximum absolute atomic E-state index is 13.2. The Labute approximate surface area is 115 Å². The molecule has 2 heterocycles. The maximum Gasteiger partial charge on any atom is 0.182 e. The first-order valence-corrected chi connectivity index (χ1v) is 6.83. The van der Waals surface area contributed by atoms with Crippen LogP contribution in [-0.4, -0.2) is 15.2 Å². The molecular weight excluding hydrogens is 317 g/mol. The molecule has 18 heavy (non-hydrogen) atoms. The number of aromatic amines is 1. The number of aromatic nitrogens is 3. The van der Waals surface area contributed by atoms with Crippen LogP contribution in [0.3, 0.4) is 0 Å². The smallest absolute Gasteiger partial charge is 0.182 e. The summed E-state index contributed by atoms with van der Waals surface area (Å²) in [5, 5.41) is 8.95. The Hall–Kier alpha value is -1.53. The summed E-state index contributed by atoms with van der Waals surface area (Å²) >= 11 is 4.94. The molecule has 0 bridgehead atoms. The molecule has 90 valence electrons. The van der Waals surface area contributed by atoms with Gasteiger partial charge in [-0.1, -0.05) is 22.0 Å². The zero-order valence-corrected chi connectivity index (χ0v) is 11.4. The molecule has 3 rings (SSSR count). The van der Waals surface area contributed by atoms with E-state index in [2.05, 4.69) is 31.1 Å². The Morgan fingerprint density at radius 1 is 1.28 bits per heavy atom. The van der Waals surface area contributed by atoms with Crippen molar-refractivity contribution in [2.75, 3.05) is 0 Å². The van der Waals surface area contributed by atoms with Gasteiger partial charge in [0.2, 0.25) is 0 Å². The number of thiophene rings is 1. The van der Waals surface area contributed by atoms with Crippen LogP contribution in [0.4, 0.5) is 4.39 Å². The van der Waals surface area contributed by atoms with Gasteiger partial charge < -0.3 is 0 Å². The van der Waals surface area contributed by atoms with Crippen molar-refractivity contribution in [2.45, 2.75) is 0 Å². The fourth-order valence-electron chi connectivity index (χ4n) is 1.57. The largest absolute Gasteiger partial charge is 0.258 e. The monoisotopic (exact) mass is 323 g/mol. The molecule has 6 heteroatoms. The topological polar surface area (TPSA) is 41.6 Å². The Bertz CT molecular complexity index is 678. The van der Waals surface area contributed by atoms with E-state index in [9.17, 15) is 4.39 Å². The molecular formula is C12H7BrFN3S. The third-order valence-electron chi connectivity index (χ3n) is 2.41. The number of halogens is 2. The highest BCUT2D eigenvalue weighted by molar-refractivity contribution is 9.10. The fraction of sp³-hybridized carbons (Fsp3) is 0. The first-order valence-electron chi connectivity index (χ1n) is 5.16. The second-order valence-corrected chi connectivity index (χ2v) is 5.41. The number of nitrogens with one attached hydrogen (secondary N) is 1. The minimum absolute atomic E-state index is 0.310. The van der Waals surface area contributed by atoms with Crippen LogP contribution in [0.5, 0.6) is 0 Å². The molecule has 3 aromatic rings. The summed E-state index contributed by atoms with van der Waals surface area (Å²) < 4.78 is 14.0. The zero-order valence-electron chi connectivity index (χ0n) is 9.02. The second kappa shape index (κ2) is 4.62. The van der Waals surface area contributed by atoms with Crippen LogP contribution in [0.1, 0.15) is 0 Å². The SMILES string of the molecule is Fc1ccc(Br)c(-c2n[nH]c(-c3cccs3)n2)c1. The van der Waals surface area contributed by atoms with Crippen molar-refractivity contribution in [3.8, 4) is 22.1 Å². The predicted octanol–water partition coefficient (Wildman–Crippen LogP) is 4.10. The van der Waals surface area contributed by atoms with Crippen molar-refractivity contribution in [3.63, 3.8) is 0 Å². The van der Waals surface area contributed by atoms with Crippen LogP contribution < -0.4 is 0 Å². The summed E-state index contributed by atoms with van der Waals surface area (Å²) in [4.78, 5) is 5.37. The number of nitrogens with zero attached hydrogens (tertiary/aromatic N) is 2. The average Bonchev–Trinajstić information content (AvgIpc) is 3.00. The van der Waals surface area contributed by atoms with Gasteiger partial charge in [-0.05, 0) is 29.6 Å². The van der Waals surface area contributed by atoms with Crippen LogP contribution in [0, 0.1) is 5.82 Å². The number of rotatable bonds is 2. The molecule has 0 aliphatic carbocycles. The molecule has 1 N–H and O–H groups in total. The lowest BCUT2D eigenvalue weighted by molar-refractivity contribution is 0.628. The molecule has 0 unspecified atom stereocenters.